The zero-order valence-electron chi connectivity index (χ0n) is 13.6. The number of allylic oxidation sites excluding steroid dienone is 1. The van der Waals surface area contributed by atoms with E-state index in [1.54, 1.807) is 7.11 Å². The van der Waals surface area contributed by atoms with Gasteiger partial charge in [0.2, 0.25) is 5.69 Å². The lowest BCUT2D eigenvalue weighted by Crippen LogP contribution is -2.26. The van der Waals surface area contributed by atoms with Crippen LogP contribution in [0.3, 0.4) is 0 Å². The molecule has 112 valence electrons. The topological polar surface area (TPSA) is 12.2 Å². The first-order valence-electron chi connectivity index (χ1n) is 7.57. The Hall–Kier alpha value is -2.35. The normalized spacial score (nSPS) is 16.2. The molecular weight excluding hydrogens is 270 g/mol. The standard InChI is InChI=1S/C20H22NO/c1-20(2)17-10-5-6-11-18(17)21(3)19(20)13-12-15-8-7-9-16(14-15)22-4/h5-14H,1-4H3/q+1. The van der Waals surface area contributed by atoms with Crippen molar-refractivity contribution in [3.05, 3.63) is 65.7 Å². The molecule has 0 N–H and O–H groups in total. The van der Waals surface area contributed by atoms with Gasteiger partial charge >= 0.3 is 0 Å². The first-order valence-corrected chi connectivity index (χ1v) is 7.57. The molecule has 2 aromatic carbocycles. The van der Waals surface area contributed by atoms with Crippen LogP contribution in [-0.2, 0) is 5.41 Å². The molecule has 0 unspecified atom stereocenters. The number of ether oxygens (including phenoxy) is 1. The molecule has 2 aromatic rings. The summed E-state index contributed by atoms with van der Waals surface area (Å²) < 4.78 is 7.57. The summed E-state index contributed by atoms with van der Waals surface area (Å²) in [4.78, 5) is 0. The molecule has 22 heavy (non-hydrogen) atoms. The predicted octanol–water partition coefficient (Wildman–Crippen LogP) is 4.41. The van der Waals surface area contributed by atoms with Crippen LogP contribution >= 0.6 is 0 Å². The molecule has 2 nitrogen and oxygen atoms in total. The fraction of sp³-hybridized carbons (Fsp3) is 0.250. The highest BCUT2D eigenvalue weighted by atomic mass is 16.5. The Morgan fingerprint density at radius 2 is 1.77 bits per heavy atom. The van der Waals surface area contributed by atoms with E-state index in [0.717, 1.165) is 11.3 Å². The van der Waals surface area contributed by atoms with Gasteiger partial charge in [0.25, 0.3) is 0 Å². The molecule has 0 aliphatic carbocycles. The number of methoxy groups -OCH3 is 1. The summed E-state index contributed by atoms with van der Waals surface area (Å²) in [6.07, 6.45) is 4.37. The van der Waals surface area contributed by atoms with E-state index in [4.69, 9.17) is 4.74 Å². The Morgan fingerprint density at radius 1 is 1.00 bits per heavy atom. The van der Waals surface area contributed by atoms with Crippen LogP contribution in [0.4, 0.5) is 5.69 Å². The van der Waals surface area contributed by atoms with Crippen LogP contribution in [-0.4, -0.2) is 24.4 Å². The van der Waals surface area contributed by atoms with E-state index in [0.29, 0.717) is 0 Å². The van der Waals surface area contributed by atoms with Gasteiger partial charge in [-0.05, 0) is 37.6 Å². The molecule has 0 saturated carbocycles. The van der Waals surface area contributed by atoms with Gasteiger partial charge in [-0.25, -0.2) is 0 Å². The minimum Gasteiger partial charge on any atom is -0.497 e. The summed E-state index contributed by atoms with van der Waals surface area (Å²) in [5, 5.41) is 0. The van der Waals surface area contributed by atoms with Crippen LogP contribution in [0.5, 0.6) is 5.75 Å². The monoisotopic (exact) mass is 292 g/mol. The number of fused-ring (bicyclic) bond motifs is 1. The van der Waals surface area contributed by atoms with Gasteiger partial charge in [0, 0.05) is 17.7 Å². The molecule has 3 rings (SSSR count). The fourth-order valence-corrected chi connectivity index (χ4v) is 3.22. The molecule has 0 amide bonds. The zero-order valence-corrected chi connectivity index (χ0v) is 13.6. The molecule has 0 saturated heterocycles. The molecule has 0 bridgehead atoms. The SMILES string of the molecule is COc1cccc(C=CC2=[N+](C)c3ccccc3C2(C)C)c1. The summed E-state index contributed by atoms with van der Waals surface area (Å²) in [6.45, 7) is 4.56. The highest BCUT2D eigenvalue weighted by Crippen LogP contribution is 2.39. The Labute approximate surface area is 132 Å². The summed E-state index contributed by atoms with van der Waals surface area (Å²) in [5.74, 6) is 0.884. The molecule has 1 aliphatic heterocycles. The average Bonchev–Trinajstić information content (AvgIpc) is 2.73. The maximum Gasteiger partial charge on any atom is 0.209 e. The number of benzene rings is 2. The number of para-hydroxylation sites is 1. The van der Waals surface area contributed by atoms with Gasteiger partial charge in [-0.3, -0.25) is 0 Å². The van der Waals surface area contributed by atoms with E-state index < -0.39 is 0 Å². The van der Waals surface area contributed by atoms with Crippen LogP contribution in [0.15, 0.2) is 54.6 Å². The molecule has 0 atom stereocenters. The first kappa shape index (κ1) is 14.6. The Kier molecular flexibility index (Phi) is 3.61. The van der Waals surface area contributed by atoms with Gasteiger partial charge in [0.15, 0.2) is 5.71 Å². The second kappa shape index (κ2) is 5.45. The largest absolute Gasteiger partial charge is 0.497 e. The molecule has 2 heteroatoms. The van der Waals surface area contributed by atoms with E-state index >= 15 is 0 Å². The maximum absolute atomic E-state index is 5.29. The molecule has 1 heterocycles. The maximum atomic E-state index is 5.29. The molecular formula is C20H22NO+. The second-order valence-electron chi connectivity index (χ2n) is 6.20. The summed E-state index contributed by atoms with van der Waals surface area (Å²) in [7, 11) is 3.83. The molecule has 0 radical (unpaired) electrons. The Morgan fingerprint density at radius 3 is 2.50 bits per heavy atom. The molecule has 0 fully saturated rings. The van der Waals surface area contributed by atoms with Crippen molar-refractivity contribution in [1.29, 1.82) is 0 Å². The number of hydrogen-bond donors (Lipinski definition) is 0. The average molecular weight is 292 g/mol. The lowest BCUT2D eigenvalue weighted by atomic mass is 9.81. The zero-order chi connectivity index (χ0) is 15.7. The highest BCUT2D eigenvalue weighted by molar-refractivity contribution is 6.05. The Balaban J connectivity index is 1.99. The second-order valence-corrected chi connectivity index (χ2v) is 6.20. The number of rotatable bonds is 3. The van der Waals surface area contributed by atoms with Crippen molar-refractivity contribution in [2.75, 3.05) is 14.2 Å². The van der Waals surface area contributed by atoms with Crippen LogP contribution in [0.25, 0.3) is 6.08 Å². The van der Waals surface area contributed by atoms with Gasteiger partial charge in [0.05, 0.1) is 12.5 Å². The van der Waals surface area contributed by atoms with E-state index in [1.165, 1.54) is 17.0 Å². The summed E-state index contributed by atoms with van der Waals surface area (Å²) in [6, 6.07) is 16.7. The van der Waals surface area contributed by atoms with Crippen LogP contribution < -0.4 is 4.74 Å². The lowest BCUT2D eigenvalue weighted by molar-refractivity contribution is -0.401. The van der Waals surface area contributed by atoms with Crippen molar-refractivity contribution in [2.24, 2.45) is 0 Å². The van der Waals surface area contributed by atoms with Gasteiger partial charge < -0.3 is 4.74 Å². The third-order valence-corrected chi connectivity index (χ3v) is 4.47. The fourth-order valence-electron chi connectivity index (χ4n) is 3.22. The quantitative estimate of drug-likeness (QED) is 0.763. The summed E-state index contributed by atoms with van der Waals surface area (Å²) in [5.41, 5.74) is 5.13. The molecule has 0 aromatic heterocycles. The van der Waals surface area contributed by atoms with Crippen molar-refractivity contribution in [2.45, 2.75) is 19.3 Å². The van der Waals surface area contributed by atoms with E-state index in [2.05, 4.69) is 68.0 Å². The van der Waals surface area contributed by atoms with Crippen LogP contribution in [0, 0.1) is 0 Å². The predicted molar refractivity (Wildman–Crippen MR) is 92.3 cm³/mol. The van der Waals surface area contributed by atoms with Gasteiger partial charge in [-0.15, -0.1) is 0 Å². The van der Waals surface area contributed by atoms with Crippen molar-refractivity contribution in [3.63, 3.8) is 0 Å². The van der Waals surface area contributed by atoms with Crippen molar-refractivity contribution >= 4 is 17.5 Å². The van der Waals surface area contributed by atoms with Crippen molar-refractivity contribution in [1.82, 2.24) is 0 Å². The van der Waals surface area contributed by atoms with Crippen molar-refractivity contribution < 1.29 is 9.31 Å². The minimum atomic E-state index is 0.0146. The van der Waals surface area contributed by atoms with E-state index in [1.807, 2.05) is 18.2 Å². The smallest absolute Gasteiger partial charge is 0.209 e. The number of nitrogens with zero attached hydrogens (tertiary/aromatic N) is 1. The van der Waals surface area contributed by atoms with Crippen LogP contribution in [0.1, 0.15) is 25.0 Å². The highest BCUT2D eigenvalue weighted by Gasteiger charge is 2.42. The first-order chi connectivity index (χ1) is 10.5. The van der Waals surface area contributed by atoms with Gasteiger partial charge in [0.1, 0.15) is 12.8 Å². The van der Waals surface area contributed by atoms with Gasteiger partial charge in [-0.1, -0.05) is 30.3 Å². The molecule has 0 spiro atoms. The Bertz CT molecular complexity index is 769. The minimum absolute atomic E-state index is 0.0146. The number of hydrogen-bond acceptors (Lipinski definition) is 1. The third kappa shape index (κ3) is 2.35. The van der Waals surface area contributed by atoms with E-state index in [-0.39, 0.29) is 5.41 Å². The lowest BCUT2D eigenvalue weighted by Gasteiger charge is -2.15. The third-order valence-electron chi connectivity index (χ3n) is 4.47. The van der Waals surface area contributed by atoms with Crippen LogP contribution in [0.2, 0.25) is 0 Å². The van der Waals surface area contributed by atoms with Crippen molar-refractivity contribution in [3.8, 4) is 5.75 Å². The molecule has 1 aliphatic rings. The van der Waals surface area contributed by atoms with E-state index in [9.17, 15) is 0 Å². The van der Waals surface area contributed by atoms with Gasteiger partial charge in [-0.2, -0.15) is 4.58 Å². The summed E-state index contributed by atoms with van der Waals surface area (Å²) >= 11 is 0.